The fourth-order valence-corrected chi connectivity index (χ4v) is 2.71. The maximum atomic E-state index is 12.8. The largest absolute Gasteiger partial charge is 0.444 e. The summed E-state index contributed by atoms with van der Waals surface area (Å²) in [4.78, 5) is 26.4. The van der Waals surface area contributed by atoms with Crippen molar-refractivity contribution >= 4 is 29.3 Å². The number of carbonyl (C=O) groups is 2. The number of hydrogen-bond acceptors (Lipinski definition) is 3. The maximum Gasteiger partial charge on any atom is 0.408 e. The topological polar surface area (TPSA) is 58.6 Å². The maximum absolute atomic E-state index is 12.8. The summed E-state index contributed by atoms with van der Waals surface area (Å²) in [5, 5.41) is 3.27. The van der Waals surface area contributed by atoms with Crippen molar-refractivity contribution in [3.8, 4) is 0 Å². The molecule has 23 heavy (non-hydrogen) atoms. The number of rotatable bonds is 2. The molecule has 1 aromatic rings. The first kappa shape index (κ1) is 17.6. The number of alkyl carbamates (subject to hydrolysis) is 1. The van der Waals surface area contributed by atoms with E-state index in [2.05, 4.69) is 5.32 Å². The van der Waals surface area contributed by atoms with Gasteiger partial charge in [-0.1, -0.05) is 17.7 Å². The fraction of sp³-hybridized carbons (Fsp3) is 0.529. The molecule has 5 nitrogen and oxygen atoms in total. The molecule has 1 saturated heterocycles. The van der Waals surface area contributed by atoms with E-state index < -0.39 is 17.7 Å². The van der Waals surface area contributed by atoms with E-state index in [0.717, 1.165) is 18.5 Å². The highest BCUT2D eigenvalue weighted by molar-refractivity contribution is 6.30. The van der Waals surface area contributed by atoms with Gasteiger partial charge in [-0.15, -0.1) is 0 Å². The number of ether oxygens (including phenoxy) is 1. The molecule has 0 aliphatic carbocycles. The lowest BCUT2D eigenvalue weighted by molar-refractivity contribution is -0.120. The number of benzene rings is 1. The number of carbonyl (C=O) groups excluding carboxylic acids is 2. The molecule has 0 spiro atoms. The van der Waals surface area contributed by atoms with Crippen LogP contribution in [-0.4, -0.2) is 30.2 Å². The SMILES string of the molecule is CC(C)(C)OC(=O)NC1CCCCN(c2cccc(Cl)c2)C1=O. The number of nitrogens with zero attached hydrogens (tertiary/aromatic N) is 1. The number of halogens is 1. The van der Waals surface area contributed by atoms with E-state index >= 15 is 0 Å². The Kier molecular flexibility index (Phi) is 5.52. The third kappa shape index (κ3) is 5.13. The van der Waals surface area contributed by atoms with Crippen molar-refractivity contribution in [1.82, 2.24) is 5.32 Å². The Morgan fingerprint density at radius 3 is 2.74 bits per heavy atom. The highest BCUT2D eigenvalue weighted by Crippen LogP contribution is 2.24. The first-order valence-electron chi connectivity index (χ1n) is 7.83. The van der Waals surface area contributed by atoms with Crippen molar-refractivity contribution in [3.05, 3.63) is 29.3 Å². The Morgan fingerprint density at radius 2 is 2.09 bits per heavy atom. The van der Waals surface area contributed by atoms with Gasteiger partial charge in [-0.05, 0) is 58.2 Å². The zero-order valence-electron chi connectivity index (χ0n) is 13.8. The summed E-state index contributed by atoms with van der Waals surface area (Å²) in [6.07, 6.45) is 1.78. The summed E-state index contributed by atoms with van der Waals surface area (Å²) in [6, 6.07) is 6.61. The van der Waals surface area contributed by atoms with Crippen LogP contribution >= 0.6 is 11.6 Å². The van der Waals surface area contributed by atoms with Gasteiger partial charge in [0.2, 0.25) is 5.91 Å². The van der Waals surface area contributed by atoms with Gasteiger partial charge in [-0.3, -0.25) is 4.79 Å². The Balaban J connectivity index is 2.12. The quantitative estimate of drug-likeness (QED) is 0.893. The van der Waals surface area contributed by atoms with Crippen molar-refractivity contribution < 1.29 is 14.3 Å². The molecule has 1 unspecified atom stereocenters. The van der Waals surface area contributed by atoms with Crippen molar-refractivity contribution in [2.45, 2.75) is 51.7 Å². The molecule has 0 saturated carbocycles. The van der Waals surface area contributed by atoms with Gasteiger partial charge in [-0.25, -0.2) is 4.79 Å². The molecule has 1 fully saturated rings. The van der Waals surface area contributed by atoms with E-state index in [1.54, 1.807) is 37.8 Å². The van der Waals surface area contributed by atoms with Gasteiger partial charge in [0, 0.05) is 17.3 Å². The van der Waals surface area contributed by atoms with E-state index in [9.17, 15) is 9.59 Å². The van der Waals surface area contributed by atoms with Crippen LogP contribution in [0.1, 0.15) is 40.0 Å². The molecule has 1 heterocycles. The average Bonchev–Trinajstić information content (AvgIpc) is 2.60. The molecule has 1 aromatic carbocycles. The van der Waals surface area contributed by atoms with E-state index in [1.165, 1.54) is 0 Å². The smallest absolute Gasteiger partial charge is 0.408 e. The highest BCUT2D eigenvalue weighted by Gasteiger charge is 2.30. The summed E-state index contributed by atoms with van der Waals surface area (Å²) in [7, 11) is 0. The molecule has 1 atom stereocenters. The minimum absolute atomic E-state index is 0.129. The Morgan fingerprint density at radius 1 is 1.35 bits per heavy atom. The highest BCUT2D eigenvalue weighted by atomic mass is 35.5. The van der Waals surface area contributed by atoms with Crippen LogP contribution in [0.3, 0.4) is 0 Å². The zero-order chi connectivity index (χ0) is 17.0. The van der Waals surface area contributed by atoms with Gasteiger partial charge in [0.15, 0.2) is 0 Å². The van der Waals surface area contributed by atoms with Crippen LogP contribution in [0, 0.1) is 0 Å². The lowest BCUT2D eigenvalue weighted by atomic mass is 10.1. The van der Waals surface area contributed by atoms with E-state index in [0.29, 0.717) is 18.0 Å². The van der Waals surface area contributed by atoms with Gasteiger partial charge in [-0.2, -0.15) is 0 Å². The molecule has 1 aliphatic heterocycles. The molecule has 1 N–H and O–H groups in total. The summed E-state index contributed by atoms with van der Waals surface area (Å²) >= 11 is 6.02. The Hall–Kier alpha value is -1.75. The van der Waals surface area contributed by atoms with Gasteiger partial charge >= 0.3 is 6.09 Å². The van der Waals surface area contributed by atoms with Crippen LogP contribution in [0.25, 0.3) is 0 Å². The number of anilines is 1. The summed E-state index contributed by atoms with van der Waals surface area (Å²) in [5.74, 6) is -0.129. The second-order valence-electron chi connectivity index (χ2n) is 6.66. The van der Waals surface area contributed by atoms with Crippen molar-refractivity contribution in [2.24, 2.45) is 0 Å². The number of hydrogen-bond donors (Lipinski definition) is 1. The van der Waals surface area contributed by atoms with E-state index in [4.69, 9.17) is 16.3 Å². The van der Waals surface area contributed by atoms with Gasteiger partial charge in [0.05, 0.1) is 0 Å². The molecule has 0 aromatic heterocycles. The summed E-state index contributed by atoms with van der Waals surface area (Å²) in [5.41, 5.74) is 0.158. The standard InChI is InChI=1S/C17H23ClN2O3/c1-17(2,3)23-16(22)19-14-9-4-5-10-20(15(14)21)13-8-6-7-12(18)11-13/h6-8,11,14H,4-5,9-10H2,1-3H3,(H,19,22). The molecular weight excluding hydrogens is 316 g/mol. The third-order valence-electron chi connectivity index (χ3n) is 3.50. The molecular formula is C17H23ClN2O3. The molecule has 2 amide bonds. The van der Waals surface area contributed by atoms with Crippen molar-refractivity contribution in [2.75, 3.05) is 11.4 Å². The minimum atomic E-state index is -0.593. The fourth-order valence-electron chi connectivity index (χ4n) is 2.52. The summed E-state index contributed by atoms with van der Waals surface area (Å²) < 4.78 is 5.25. The lowest BCUT2D eigenvalue weighted by Crippen LogP contribution is -2.48. The first-order valence-corrected chi connectivity index (χ1v) is 8.20. The minimum Gasteiger partial charge on any atom is -0.444 e. The van der Waals surface area contributed by atoms with Crippen LogP contribution < -0.4 is 10.2 Å². The van der Waals surface area contributed by atoms with Gasteiger partial charge < -0.3 is 15.0 Å². The third-order valence-corrected chi connectivity index (χ3v) is 3.73. The second kappa shape index (κ2) is 7.21. The van der Waals surface area contributed by atoms with E-state index in [-0.39, 0.29) is 5.91 Å². The monoisotopic (exact) mass is 338 g/mol. The lowest BCUT2D eigenvalue weighted by Gasteiger charge is -2.26. The molecule has 0 bridgehead atoms. The van der Waals surface area contributed by atoms with Crippen molar-refractivity contribution in [3.63, 3.8) is 0 Å². The zero-order valence-corrected chi connectivity index (χ0v) is 14.5. The molecule has 0 radical (unpaired) electrons. The van der Waals surface area contributed by atoms with Crippen molar-refractivity contribution in [1.29, 1.82) is 0 Å². The predicted molar refractivity (Wildman–Crippen MR) is 90.8 cm³/mol. The Labute approximate surface area is 141 Å². The van der Waals surface area contributed by atoms with Crippen LogP contribution in [0.5, 0.6) is 0 Å². The molecule has 126 valence electrons. The number of nitrogens with one attached hydrogen (secondary N) is 1. The van der Waals surface area contributed by atoms with Crippen LogP contribution in [-0.2, 0) is 9.53 Å². The normalized spacial score (nSPS) is 19.2. The molecule has 1 aliphatic rings. The number of amides is 2. The second-order valence-corrected chi connectivity index (χ2v) is 7.10. The van der Waals surface area contributed by atoms with Crippen LogP contribution in [0.2, 0.25) is 5.02 Å². The van der Waals surface area contributed by atoms with Crippen LogP contribution in [0.4, 0.5) is 10.5 Å². The van der Waals surface area contributed by atoms with E-state index in [1.807, 2.05) is 12.1 Å². The predicted octanol–water partition coefficient (Wildman–Crippen LogP) is 3.75. The molecule has 2 rings (SSSR count). The van der Waals surface area contributed by atoms with Crippen LogP contribution in [0.15, 0.2) is 24.3 Å². The Bertz CT molecular complexity index is 583. The first-order chi connectivity index (χ1) is 10.8. The summed E-state index contributed by atoms with van der Waals surface area (Å²) in [6.45, 7) is 5.99. The van der Waals surface area contributed by atoms with Gasteiger partial charge in [0.25, 0.3) is 0 Å². The average molecular weight is 339 g/mol. The molecule has 6 heteroatoms. The van der Waals surface area contributed by atoms with Gasteiger partial charge in [0.1, 0.15) is 11.6 Å².